The number of amides is 2. The molecule has 2 amide bonds. The molecule has 0 aromatic heterocycles. The summed E-state index contributed by atoms with van der Waals surface area (Å²) in [5.74, 6) is 1.62. The fourth-order valence-corrected chi connectivity index (χ4v) is 5.89. The molecule has 8 nitrogen and oxygen atoms in total. The predicted octanol–water partition coefficient (Wildman–Crippen LogP) is 8.44. The molecule has 4 rings (SSSR count). The van der Waals surface area contributed by atoms with Gasteiger partial charge in [-0.1, -0.05) is 71.7 Å². The first kappa shape index (κ1) is 41.3. The summed E-state index contributed by atoms with van der Waals surface area (Å²) >= 11 is 0. The fourth-order valence-electron chi connectivity index (χ4n) is 5.89. The number of likely N-dealkylation sites (tertiary alicyclic amines) is 1. The van der Waals surface area contributed by atoms with Gasteiger partial charge in [-0.15, -0.1) is 0 Å². The van der Waals surface area contributed by atoms with Gasteiger partial charge >= 0.3 is 0 Å². The van der Waals surface area contributed by atoms with Crippen molar-refractivity contribution in [3.8, 4) is 11.5 Å². The van der Waals surface area contributed by atoms with E-state index in [0.29, 0.717) is 35.2 Å². The summed E-state index contributed by atoms with van der Waals surface area (Å²) in [7, 11) is 4.61. The fraction of sp³-hybridized carbons (Fsp3) is 0.512. The summed E-state index contributed by atoms with van der Waals surface area (Å²) in [5.41, 5.74) is 8.73. The smallest absolute Gasteiger partial charge is 0.255 e. The lowest BCUT2D eigenvalue weighted by Gasteiger charge is -2.39. The molecule has 3 aromatic rings. The number of unbranched alkanes of at least 4 members (excludes halogenated alkanes) is 2. The first-order chi connectivity index (χ1) is 23.8. The van der Waals surface area contributed by atoms with E-state index in [0.717, 1.165) is 50.0 Å². The van der Waals surface area contributed by atoms with Crippen LogP contribution in [-0.4, -0.2) is 68.6 Å². The molecule has 1 saturated heterocycles. The van der Waals surface area contributed by atoms with E-state index >= 15 is 0 Å². The zero-order chi connectivity index (χ0) is 36.2. The minimum atomic E-state index is -0.233. The molecule has 3 aromatic carbocycles. The molecule has 1 fully saturated rings. The van der Waals surface area contributed by atoms with Gasteiger partial charge in [0.15, 0.2) is 11.5 Å². The summed E-state index contributed by atoms with van der Waals surface area (Å²) in [6.45, 7) is 14.4. The van der Waals surface area contributed by atoms with Crippen LogP contribution in [0.2, 0.25) is 0 Å². The average molecular weight is 675 g/mol. The summed E-state index contributed by atoms with van der Waals surface area (Å²) < 4.78 is 10.6. The maximum atomic E-state index is 14.0. The number of hydrogen-bond donors (Lipinski definition) is 2. The van der Waals surface area contributed by atoms with Crippen molar-refractivity contribution in [2.45, 2.75) is 92.2 Å². The van der Waals surface area contributed by atoms with Crippen molar-refractivity contribution in [3.05, 3.63) is 89.0 Å². The summed E-state index contributed by atoms with van der Waals surface area (Å²) in [6, 6.07) is 21.3. The lowest BCUT2D eigenvalue weighted by atomic mass is 9.99. The second-order valence-electron chi connectivity index (χ2n) is 12.6. The molecule has 8 heteroatoms. The van der Waals surface area contributed by atoms with Crippen LogP contribution in [-0.2, 0) is 13.0 Å². The van der Waals surface area contributed by atoms with Gasteiger partial charge in [0, 0.05) is 42.5 Å². The second-order valence-corrected chi connectivity index (χ2v) is 12.6. The number of carbonyl (C=O) groups is 2. The first-order valence-electron chi connectivity index (χ1n) is 18.1. The molecule has 0 spiro atoms. The highest BCUT2D eigenvalue weighted by Crippen LogP contribution is 2.28. The number of nitrogens with one attached hydrogen (secondary N) is 1. The largest absolute Gasteiger partial charge is 0.493 e. The van der Waals surface area contributed by atoms with Crippen LogP contribution < -0.4 is 20.5 Å². The van der Waals surface area contributed by atoms with Crippen LogP contribution in [0.15, 0.2) is 66.7 Å². The minimum Gasteiger partial charge on any atom is -0.493 e. The highest BCUT2D eigenvalue weighted by Gasteiger charge is 2.29. The van der Waals surface area contributed by atoms with E-state index in [4.69, 9.17) is 9.47 Å². The second kappa shape index (κ2) is 22.7. The third-order valence-electron chi connectivity index (χ3n) is 8.76. The Kier molecular flexibility index (Phi) is 19.1. The van der Waals surface area contributed by atoms with Crippen molar-refractivity contribution in [1.82, 2.24) is 9.80 Å². The van der Waals surface area contributed by atoms with Gasteiger partial charge < -0.3 is 30.3 Å². The number of anilines is 1. The number of methoxy groups -OCH3 is 2. The van der Waals surface area contributed by atoms with Gasteiger partial charge in [-0.25, -0.2) is 0 Å². The van der Waals surface area contributed by atoms with E-state index < -0.39 is 0 Å². The monoisotopic (exact) mass is 674 g/mol. The molecule has 1 aliphatic heterocycles. The lowest BCUT2D eigenvalue weighted by Crippen LogP contribution is -2.47. The quantitative estimate of drug-likeness (QED) is 0.157. The number of piperidine rings is 1. The van der Waals surface area contributed by atoms with Crippen molar-refractivity contribution in [2.75, 3.05) is 46.2 Å². The molecular weight excluding hydrogens is 612 g/mol. The highest BCUT2D eigenvalue weighted by molar-refractivity contribution is 6.04. The van der Waals surface area contributed by atoms with E-state index in [2.05, 4.69) is 53.8 Å². The number of nitrogens with two attached hydrogens (primary N) is 1. The maximum Gasteiger partial charge on any atom is 0.255 e. The molecule has 1 aliphatic rings. The van der Waals surface area contributed by atoms with Crippen molar-refractivity contribution >= 4 is 17.5 Å². The molecule has 0 saturated carbocycles. The van der Waals surface area contributed by atoms with Crippen molar-refractivity contribution < 1.29 is 19.1 Å². The van der Waals surface area contributed by atoms with E-state index in [1.807, 2.05) is 50.2 Å². The molecular formula is C41H62N4O4. The van der Waals surface area contributed by atoms with Crippen molar-refractivity contribution in [2.24, 2.45) is 11.7 Å². The van der Waals surface area contributed by atoms with Gasteiger partial charge in [-0.3, -0.25) is 9.59 Å². The topological polar surface area (TPSA) is 97.1 Å². The van der Waals surface area contributed by atoms with Crippen molar-refractivity contribution in [3.63, 3.8) is 0 Å². The molecule has 0 radical (unpaired) electrons. The molecule has 49 heavy (non-hydrogen) atoms. The van der Waals surface area contributed by atoms with Crippen LogP contribution >= 0.6 is 0 Å². The summed E-state index contributed by atoms with van der Waals surface area (Å²) in [5, 5.41) is 2.97. The van der Waals surface area contributed by atoms with Gasteiger partial charge in [0.1, 0.15) is 0 Å². The third-order valence-corrected chi connectivity index (χ3v) is 8.76. The predicted molar refractivity (Wildman–Crippen MR) is 204 cm³/mol. The van der Waals surface area contributed by atoms with Crippen LogP contribution in [0, 0.1) is 5.92 Å². The van der Waals surface area contributed by atoms with Gasteiger partial charge in [-0.2, -0.15) is 0 Å². The molecule has 270 valence electrons. The van der Waals surface area contributed by atoms with Gasteiger partial charge in [-0.05, 0) is 105 Å². The molecule has 3 N–H and O–H groups in total. The first-order valence-corrected chi connectivity index (χ1v) is 18.1. The van der Waals surface area contributed by atoms with Crippen molar-refractivity contribution in [1.29, 1.82) is 0 Å². The Hall–Kier alpha value is -3.88. The molecule has 0 aliphatic carbocycles. The van der Waals surface area contributed by atoms with Gasteiger partial charge in [0.25, 0.3) is 11.8 Å². The van der Waals surface area contributed by atoms with Crippen LogP contribution in [0.4, 0.5) is 5.69 Å². The molecule has 0 unspecified atom stereocenters. The van der Waals surface area contributed by atoms with Gasteiger partial charge in [0.05, 0.1) is 14.2 Å². The maximum absolute atomic E-state index is 14.0. The van der Waals surface area contributed by atoms with Crippen LogP contribution in [0.25, 0.3) is 0 Å². The zero-order valence-electron chi connectivity index (χ0n) is 31.4. The molecule has 0 atom stereocenters. The highest BCUT2D eigenvalue weighted by atomic mass is 16.5. The molecule has 1 heterocycles. The Morgan fingerprint density at radius 1 is 0.857 bits per heavy atom. The number of benzene rings is 3. The zero-order valence-corrected chi connectivity index (χ0v) is 31.4. The Bertz CT molecular complexity index is 1370. The van der Waals surface area contributed by atoms with Crippen LogP contribution in [0.5, 0.6) is 11.5 Å². The number of nitrogens with zero attached hydrogens (tertiary/aromatic N) is 2. The van der Waals surface area contributed by atoms with Gasteiger partial charge in [0.2, 0.25) is 0 Å². The van der Waals surface area contributed by atoms with E-state index in [1.54, 1.807) is 32.4 Å². The summed E-state index contributed by atoms with van der Waals surface area (Å²) in [4.78, 5) is 31.6. The Balaban J connectivity index is 0.00000201. The van der Waals surface area contributed by atoms with E-state index in [9.17, 15) is 9.59 Å². The number of aryl methyl sites for hydroxylation is 1. The number of ether oxygens (including phenoxy) is 2. The van der Waals surface area contributed by atoms with Crippen LogP contribution in [0.3, 0.4) is 0 Å². The van der Waals surface area contributed by atoms with Crippen LogP contribution in [0.1, 0.15) is 105 Å². The Labute approximate surface area is 296 Å². The number of hydrogen-bond acceptors (Lipinski definition) is 6. The van der Waals surface area contributed by atoms with E-state index in [-0.39, 0.29) is 17.9 Å². The Morgan fingerprint density at radius 3 is 2.02 bits per heavy atom. The average Bonchev–Trinajstić information content (AvgIpc) is 3.15. The number of carbonyl (C=O) groups excluding carboxylic acids is 2. The Morgan fingerprint density at radius 2 is 1.45 bits per heavy atom. The SMILES string of the molecule is CC.CCCCCc1ccc(C(=O)N(Cc2ccc(NC(=O)c3ccc(OC)c(OC)c3)cc2)C2CCN(CCC(C)C)CC2)cc1.CN. The lowest BCUT2D eigenvalue weighted by molar-refractivity contribution is 0.0546. The standard InChI is InChI=1S/C38H51N3O4.C2H6.CH5N/c1-6-7-8-9-29-10-14-31(15-11-29)38(43)41(34-21-24-40(25-22-34)23-20-28(2)3)27-30-12-17-33(18-13-30)39-37(42)32-16-19-35(44-4)36(26-32)45-5;2*1-2/h10-19,26,28,34H,6-9,20-25,27H2,1-5H3,(H,39,42);1-2H3;2H2,1H3. The third kappa shape index (κ3) is 13.2. The van der Waals surface area contributed by atoms with E-state index in [1.165, 1.54) is 38.3 Å². The molecule has 0 bridgehead atoms. The number of rotatable bonds is 15. The normalized spacial score (nSPS) is 13.0. The minimum absolute atomic E-state index is 0.0848. The summed E-state index contributed by atoms with van der Waals surface area (Å²) in [6.07, 6.45) is 7.80.